The molecule has 0 radical (unpaired) electrons. The first-order valence-electron chi connectivity index (χ1n) is 10.8. The van der Waals surface area contributed by atoms with E-state index in [1.807, 2.05) is 13.8 Å². The van der Waals surface area contributed by atoms with Crippen molar-refractivity contribution >= 4 is 17.6 Å². The molecular weight excluding hydrogens is 445 g/mol. The number of halogens is 3. The first-order valence-corrected chi connectivity index (χ1v) is 10.8. The molecule has 1 aromatic carbocycles. The minimum atomic E-state index is -2.72. The molecule has 2 amide bonds. The molecule has 6 nitrogen and oxygen atoms in total. The van der Waals surface area contributed by atoms with Gasteiger partial charge in [-0.3, -0.25) is 9.59 Å². The highest BCUT2D eigenvalue weighted by molar-refractivity contribution is 5.99. The van der Waals surface area contributed by atoms with E-state index < -0.39 is 30.5 Å². The smallest absolute Gasteiger partial charge is 0.255 e. The first kappa shape index (κ1) is 23.5. The number of hydrogen-bond donors (Lipinski definition) is 2. The number of likely N-dealkylation sites (N-methyl/N-ethyl adjacent to an activating group) is 1. The number of nitrogens with one attached hydrogen (secondary N) is 2. The van der Waals surface area contributed by atoms with Gasteiger partial charge in [-0.15, -0.1) is 0 Å². The molecule has 0 unspecified atom stereocenters. The van der Waals surface area contributed by atoms with Crippen molar-refractivity contribution in [1.29, 1.82) is 0 Å². The van der Waals surface area contributed by atoms with E-state index in [0.29, 0.717) is 23.4 Å². The molecule has 0 bridgehead atoms. The van der Waals surface area contributed by atoms with Gasteiger partial charge in [-0.05, 0) is 35.9 Å². The van der Waals surface area contributed by atoms with E-state index in [9.17, 15) is 22.8 Å². The summed E-state index contributed by atoms with van der Waals surface area (Å²) in [6.45, 7) is 4.67. The number of benzene rings is 1. The highest BCUT2D eigenvalue weighted by Gasteiger charge is 2.37. The maximum atomic E-state index is 13.3. The number of alkyl halides is 2. The Labute approximate surface area is 195 Å². The number of carbonyl (C=O) groups is 2. The van der Waals surface area contributed by atoms with Crippen LogP contribution in [0.1, 0.15) is 47.8 Å². The van der Waals surface area contributed by atoms with Crippen LogP contribution in [0.25, 0.3) is 11.3 Å². The van der Waals surface area contributed by atoms with Gasteiger partial charge in [0.25, 0.3) is 5.91 Å². The minimum absolute atomic E-state index is 0.0754. The predicted molar refractivity (Wildman–Crippen MR) is 122 cm³/mol. The molecular formula is C25H25F3N4O2. The third-order valence-electron chi connectivity index (χ3n) is 6.03. The zero-order valence-corrected chi connectivity index (χ0v) is 19.0. The summed E-state index contributed by atoms with van der Waals surface area (Å²) >= 11 is 0. The summed E-state index contributed by atoms with van der Waals surface area (Å²) in [5.74, 6) is -2.25. The van der Waals surface area contributed by atoms with Crippen molar-refractivity contribution < 1.29 is 22.8 Å². The van der Waals surface area contributed by atoms with Crippen molar-refractivity contribution in [2.75, 3.05) is 18.9 Å². The Morgan fingerprint density at radius 1 is 1.21 bits per heavy atom. The van der Waals surface area contributed by atoms with Gasteiger partial charge in [0.2, 0.25) is 12.3 Å². The molecule has 3 aromatic rings. The summed E-state index contributed by atoms with van der Waals surface area (Å²) < 4.78 is 39.6. The van der Waals surface area contributed by atoms with Crippen LogP contribution in [0.4, 0.5) is 19.0 Å². The summed E-state index contributed by atoms with van der Waals surface area (Å²) in [5.41, 5.74) is 2.81. The topological polar surface area (TPSA) is 78.1 Å². The van der Waals surface area contributed by atoms with Crippen LogP contribution in [-0.2, 0) is 10.2 Å². The maximum absolute atomic E-state index is 13.3. The third kappa shape index (κ3) is 4.69. The molecule has 2 N–H and O–H groups in total. The second-order valence-electron chi connectivity index (χ2n) is 9.17. The molecule has 0 spiro atoms. The van der Waals surface area contributed by atoms with Crippen LogP contribution in [0.15, 0.2) is 48.7 Å². The molecule has 4 rings (SSSR count). The standard InChI is InChI=1S/C25H25F3N4O2/c1-25(2)13-32(3)24(34)18-11-19(30-22(18)25)15-8-9-29-21(10-15)31-23(33)17(12-20(27)28)14-4-6-16(26)7-5-14/h4-11,17,20,30H,12-13H2,1-3H3,(H,29,31,33)/t17-/m1/s1. The molecule has 1 aliphatic rings. The molecule has 34 heavy (non-hydrogen) atoms. The molecule has 9 heteroatoms. The Morgan fingerprint density at radius 3 is 2.59 bits per heavy atom. The van der Waals surface area contributed by atoms with Crippen molar-refractivity contribution in [3.05, 3.63) is 71.3 Å². The van der Waals surface area contributed by atoms with Gasteiger partial charge < -0.3 is 15.2 Å². The first-order chi connectivity index (χ1) is 16.0. The molecule has 2 aromatic heterocycles. The predicted octanol–water partition coefficient (Wildman–Crippen LogP) is 4.96. The van der Waals surface area contributed by atoms with E-state index >= 15 is 0 Å². The van der Waals surface area contributed by atoms with Crippen LogP contribution in [0, 0.1) is 5.82 Å². The van der Waals surface area contributed by atoms with Gasteiger partial charge >= 0.3 is 0 Å². The fraction of sp³-hybridized carbons (Fsp3) is 0.320. The summed E-state index contributed by atoms with van der Waals surface area (Å²) in [6.07, 6.45) is -1.93. The number of carbonyl (C=O) groups excluding carboxylic acids is 2. The third-order valence-corrected chi connectivity index (χ3v) is 6.03. The van der Waals surface area contributed by atoms with Gasteiger partial charge in [0.1, 0.15) is 11.6 Å². The molecule has 0 fully saturated rings. The lowest BCUT2D eigenvalue weighted by atomic mass is 9.83. The quantitative estimate of drug-likeness (QED) is 0.535. The van der Waals surface area contributed by atoms with Crippen LogP contribution in [0.3, 0.4) is 0 Å². The average molecular weight is 470 g/mol. The number of amides is 2. The number of fused-ring (bicyclic) bond motifs is 1. The lowest BCUT2D eigenvalue weighted by Gasteiger charge is -2.35. The number of nitrogens with zero attached hydrogens (tertiary/aromatic N) is 2. The summed E-state index contributed by atoms with van der Waals surface area (Å²) in [5, 5.41) is 2.60. The van der Waals surface area contributed by atoms with Crippen molar-refractivity contribution in [2.24, 2.45) is 0 Å². The lowest BCUT2D eigenvalue weighted by molar-refractivity contribution is -0.118. The normalized spacial score (nSPS) is 15.9. The van der Waals surface area contributed by atoms with Crippen LogP contribution >= 0.6 is 0 Å². The number of aromatic amines is 1. The molecule has 0 saturated carbocycles. The fourth-order valence-electron chi connectivity index (χ4n) is 4.41. The van der Waals surface area contributed by atoms with E-state index in [2.05, 4.69) is 15.3 Å². The molecule has 1 aliphatic heterocycles. The Bertz CT molecular complexity index is 1220. The monoisotopic (exact) mass is 470 g/mol. The number of hydrogen-bond acceptors (Lipinski definition) is 3. The second kappa shape index (κ2) is 8.96. The Morgan fingerprint density at radius 2 is 1.91 bits per heavy atom. The summed E-state index contributed by atoms with van der Waals surface area (Å²) in [4.78, 5) is 34.7. The number of rotatable bonds is 6. The second-order valence-corrected chi connectivity index (χ2v) is 9.17. The van der Waals surface area contributed by atoms with Gasteiger partial charge in [-0.25, -0.2) is 18.2 Å². The van der Waals surface area contributed by atoms with Crippen molar-refractivity contribution in [1.82, 2.24) is 14.9 Å². The number of anilines is 1. The molecule has 0 aliphatic carbocycles. The fourth-order valence-corrected chi connectivity index (χ4v) is 4.41. The Kier molecular flexibility index (Phi) is 6.20. The van der Waals surface area contributed by atoms with Gasteiger partial charge in [-0.1, -0.05) is 26.0 Å². The van der Waals surface area contributed by atoms with Crippen molar-refractivity contribution in [3.8, 4) is 11.3 Å². The number of H-pyrrole nitrogens is 1. The van der Waals surface area contributed by atoms with Crippen molar-refractivity contribution in [3.63, 3.8) is 0 Å². The van der Waals surface area contributed by atoms with Gasteiger partial charge in [0.05, 0.1) is 11.5 Å². The highest BCUT2D eigenvalue weighted by atomic mass is 19.3. The van der Waals surface area contributed by atoms with E-state index in [1.165, 1.54) is 18.3 Å². The Balaban J connectivity index is 1.61. The highest BCUT2D eigenvalue weighted by Crippen LogP contribution is 2.35. The number of aromatic nitrogens is 2. The lowest BCUT2D eigenvalue weighted by Crippen LogP contribution is -2.44. The number of pyridine rings is 1. The summed E-state index contributed by atoms with van der Waals surface area (Å²) in [7, 11) is 1.76. The van der Waals surface area contributed by atoms with Gasteiger partial charge in [-0.2, -0.15) is 0 Å². The molecule has 0 saturated heterocycles. The zero-order chi connectivity index (χ0) is 24.6. The van der Waals surface area contributed by atoms with E-state index in [-0.39, 0.29) is 22.7 Å². The SMILES string of the molecule is CN1CC(C)(C)c2[nH]c(-c3ccnc(NC(=O)[C@H](CC(F)F)c4ccc(F)cc4)c3)cc2C1=O. The van der Waals surface area contributed by atoms with Crippen LogP contribution < -0.4 is 5.32 Å². The van der Waals surface area contributed by atoms with E-state index in [0.717, 1.165) is 17.8 Å². The molecule has 1 atom stereocenters. The van der Waals surface area contributed by atoms with Crippen molar-refractivity contribution in [2.45, 2.75) is 38.0 Å². The van der Waals surface area contributed by atoms with Crippen LogP contribution in [0.2, 0.25) is 0 Å². The largest absolute Gasteiger partial charge is 0.357 e. The van der Waals surface area contributed by atoms with Crippen LogP contribution in [-0.4, -0.2) is 46.7 Å². The summed E-state index contributed by atoms with van der Waals surface area (Å²) in [6, 6.07) is 10.0. The minimum Gasteiger partial charge on any atom is -0.357 e. The zero-order valence-electron chi connectivity index (χ0n) is 19.0. The van der Waals surface area contributed by atoms with Crippen LogP contribution in [0.5, 0.6) is 0 Å². The van der Waals surface area contributed by atoms with Gasteiger partial charge in [0.15, 0.2) is 0 Å². The maximum Gasteiger partial charge on any atom is 0.255 e. The van der Waals surface area contributed by atoms with E-state index in [1.54, 1.807) is 30.1 Å². The average Bonchev–Trinajstić information content (AvgIpc) is 3.24. The van der Waals surface area contributed by atoms with E-state index in [4.69, 9.17) is 0 Å². The molecule has 3 heterocycles. The Hall–Kier alpha value is -3.62. The molecule has 178 valence electrons. The van der Waals surface area contributed by atoms with Gasteiger partial charge in [0, 0.05) is 48.6 Å².